The van der Waals surface area contributed by atoms with Gasteiger partial charge in [0, 0.05) is 36.7 Å². The molecule has 6 nitrogen and oxygen atoms in total. The summed E-state index contributed by atoms with van der Waals surface area (Å²) in [4.78, 5) is 15.4. The van der Waals surface area contributed by atoms with Gasteiger partial charge in [-0.3, -0.25) is 9.69 Å². The van der Waals surface area contributed by atoms with Crippen LogP contribution in [0.2, 0.25) is 5.02 Å². The topological polar surface area (TPSA) is 59.6 Å². The number of carbonyl (C=O) groups excluding carboxylic acids is 1. The number of aromatic nitrogens is 1. The van der Waals surface area contributed by atoms with E-state index in [1.54, 1.807) is 6.07 Å². The molecule has 31 heavy (non-hydrogen) atoms. The van der Waals surface area contributed by atoms with E-state index in [2.05, 4.69) is 26.9 Å². The van der Waals surface area contributed by atoms with Crippen molar-refractivity contribution in [2.24, 2.45) is 0 Å². The molecule has 0 saturated carbocycles. The molecule has 7 heteroatoms. The van der Waals surface area contributed by atoms with Crippen LogP contribution in [0.5, 0.6) is 0 Å². The summed E-state index contributed by atoms with van der Waals surface area (Å²) in [5.74, 6) is 1.50. The Labute approximate surface area is 187 Å². The number of nitrogens with zero attached hydrogens (tertiary/aromatic N) is 2. The zero-order chi connectivity index (χ0) is 22.0. The number of halogens is 1. The number of furan rings is 1. The molecule has 1 fully saturated rings. The van der Waals surface area contributed by atoms with Gasteiger partial charge in [0.05, 0.1) is 29.8 Å². The molecule has 164 valence electrons. The molecule has 1 atom stereocenters. The average Bonchev–Trinajstić information content (AvgIpc) is 3.34. The van der Waals surface area contributed by atoms with Crippen molar-refractivity contribution < 1.29 is 13.9 Å². The number of carbonyl (C=O) groups is 1. The van der Waals surface area contributed by atoms with E-state index in [0.29, 0.717) is 30.3 Å². The van der Waals surface area contributed by atoms with Crippen LogP contribution in [0, 0.1) is 20.8 Å². The summed E-state index contributed by atoms with van der Waals surface area (Å²) in [6.07, 6.45) is 0. The number of rotatable bonds is 6. The molecule has 1 aliphatic rings. The van der Waals surface area contributed by atoms with Gasteiger partial charge in [-0.1, -0.05) is 11.6 Å². The molecule has 1 saturated heterocycles. The van der Waals surface area contributed by atoms with Gasteiger partial charge in [0.1, 0.15) is 11.5 Å². The second-order valence-electron chi connectivity index (χ2n) is 7.94. The number of nitrogens with one attached hydrogen (secondary N) is 1. The van der Waals surface area contributed by atoms with Crippen LogP contribution in [0.4, 0.5) is 0 Å². The van der Waals surface area contributed by atoms with Gasteiger partial charge in [0.15, 0.2) is 0 Å². The Balaban J connectivity index is 1.54. The summed E-state index contributed by atoms with van der Waals surface area (Å²) in [7, 11) is 0. The number of morpholine rings is 1. The first-order chi connectivity index (χ1) is 14.9. The molecule has 1 aliphatic heterocycles. The van der Waals surface area contributed by atoms with Crippen LogP contribution in [0.25, 0.3) is 5.69 Å². The van der Waals surface area contributed by atoms with Crippen molar-refractivity contribution in [2.45, 2.75) is 26.8 Å². The van der Waals surface area contributed by atoms with Gasteiger partial charge in [-0.25, -0.2) is 0 Å². The molecular weight excluding hydrogens is 414 g/mol. The van der Waals surface area contributed by atoms with E-state index in [1.807, 2.05) is 45.0 Å². The zero-order valence-corrected chi connectivity index (χ0v) is 18.9. The third-order valence-electron chi connectivity index (χ3n) is 5.76. The van der Waals surface area contributed by atoms with E-state index < -0.39 is 0 Å². The molecule has 1 aromatic carbocycles. The summed E-state index contributed by atoms with van der Waals surface area (Å²) in [6, 6.07) is 13.5. The molecule has 1 unspecified atom stereocenters. The average molecular weight is 442 g/mol. The van der Waals surface area contributed by atoms with Crippen LogP contribution in [-0.4, -0.2) is 48.2 Å². The van der Waals surface area contributed by atoms with Crippen molar-refractivity contribution in [1.29, 1.82) is 0 Å². The Morgan fingerprint density at radius 3 is 2.42 bits per heavy atom. The lowest BCUT2D eigenvalue weighted by Gasteiger charge is -2.33. The van der Waals surface area contributed by atoms with Crippen molar-refractivity contribution >= 4 is 17.5 Å². The lowest BCUT2D eigenvalue weighted by Crippen LogP contribution is -2.43. The van der Waals surface area contributed by atoms with Crippen LogP contribution in [0.3, 0.4) is 0 Å². The fourth-order valence-corrected chi connectivity index (χ4v) is 4.32. The summed E-state index contributed by atoms with van der Waals surface area (Å²) in [5, 5.41) is 3.50. The minimum Gasteiger partial charge on any atom is -0.465 e. The number of hydrogen-bond donors (Lipinski definition) is 1. The number of amides is 1. The van der Waals surface area contributed by atoms with Crippen molar-refractivity contribution in [3.63, 3.8) is 0 Å². The molecule has 0 spiro atoms. The van der Waals surface area contributed by atoms with E-state index in [-0.39, 0.29) is 11.9 Å². The highest BCUT2D eigenvalue weighted by Gasteiger charge is 2.26. The minimum absolute atomic E-state index is 0.0579. The summed E-state index contributed by atoms with van der Waals surface area (Å²) < 4.78 is 13.5. The zero-order valence-electron chi connectivity index (χ0n) is 18.2. The monoisotopic (exact) mass is 441 g/mol. The number of benzene rings is 1. The van der Waals surface area contributed by atoms with Crippen LogP contribution in [-0.2, 0) is 4.74 Å². The number of aryl methyl sites for hydroxylation is 3. The SMILES string of the molecule is Cc1ccc(C(CNC(=O)c2cc(-n3c(C)ccc3C)ccc2Cl)N2CCOCC2)o1. The Bertz CT molecular complexity index is 1050. The predicted octanol–water partition coefficient (Wildman–Crippen LogP) is 4.45. The molecule has 3 aromatic rings. The van der Waals surface area contributed by atoms with Crippen LogP contribution in [0.1, 0.15) is 39.3 Å². The van der Waals surface area contributed by atoms with Crippen LogP contribution >= 0.6 is 11.6 Å². The normalized spacial score (nSPS) is 15.7. The van der Waals surface area contributed by atoms with Crippen molar-refractivity contribution in [2.75, 3.05) is 32.8 Å². The maximum absolute atomic E-state index is 13.1. The van der Waals surface area contributed by atoms with Gasteiger partial charge in [0.2, 0.25) is 0 Å². The van der Waals surface area contributed by atoms with Gasteiger partial charge in [0.25, 0.3) is 5.91 Å². The molecule has 4 rings (SSSR count). The number of hydrogen-bond acceptors (Lipinski definition) is 4. The summed E-state index contributed by atoms with van der Waals surface area (Å²) in [6.45, 7) is 9.37. The van der Waals surface area contributed by atoms with Gasteiger partial charge in [-0.15, -0.1) is 0 Å². The lowest BCUT2D eigenvalue weighted by atomic mass is 10.1. The fraction of sp³-hybridized carbons (Fsp3) is 0.375. The van der Waals surface area contributed by atoms with E-state index in [9.17, 15) is 4.79 Å². The smallest absolute Gasteiger partial charge is 0.252 e. The van der Waals surface area contributed by atoms with Gasteiger partial charge < -0.3 is 19.0 Å². The molecule has 1 N–H and O–H groups in total. The largest absolute Gasteiger partial charge is 0.465 e. The first-order valence-corrected chi connectivity index (χ1v) is 10.9. The standard InChI is InChI=1S/C24H28ClN3O3/c1-16-4-5-17(2)28(16)19-7-8-21(25)20(14-19)24(29)26-15-22(23-9-6-18(3)31-23)27-10-12-30-13-11-27/h4-9,14,22H,10-13,15H2,1-3H3,(H,26,29). The third-order valence-corrected chi connectivity index (χ3v) is 6.09. The van der Waals surface area contributed by atoms with Crippen LogP contribution < -0.4 is 5.32 Å². The molecule has 3 heterocycles. The lowest BCUT2D eigenvalue weighted by molar-refractivity contribution is 0.0117. The van der Waals surface area contributed by atoms with Gasteiger partial charge in [-0.2, -0.15) is 0 Å². The Hall–Kier alpha value is -2.54. The molecule has 2 aromatic heterocycles. The molecule has 0 aliphatic carbocycles. The fourth-order valence-electron chi connectivity index (χ4n) is 4.12. The van der Waals surface area contributed by atoms with E-state index in [4.69, 9.17) is 20.8 Å². The summed E-state index contributed by atoms with van der Waals surface area (Å²) in [5.41, 5.74) is 3.59. The minimum atomic E-state index is -0.198. The van der Waals surface area contributed by atoms with E-state index >= 15 is 0 Å². The highest BCUT2D eigenvalue weighted by Crippen LogP contribution is 2.25. The first kappa shape index (κ1) is 21.7. The molecule has 1 amide bonds. The Morgan fingerprint density at radius 1 is 1.06 bits per heavy atom. The quantitative estimate of drug-likeness (QED) is 0.613. The highest BCUT2D eigenvalue weighted by molar-refractivity contribution is 6.33. The predicted molar refractivity (Wildman–Crippen MR) is 121 cm³/mol. The maximum atomic E-state index is 13.1. The second kappa shape index (κ2) is 9.30. The van der Waals surface area contributed by atoms with E-state index in [0.717, 1.165) is 41.7 Å². The molecule has 0 bridgehead atoms. The molecular formula is C24H28ClN3O3. The first-order valence-electron chi connectivity index (χ1n) is 10.6. The molecule has 0 radical (unpaired) electrons. The van der Waals surface area contributed by atoms with Crippen molar-refractivity contribution in [3.8, 4) is 5.69 Å². The maximum Gasteiger partial charge on any atom is 0.252 e. The van der Waals surface area contributed by atoms with Crippen molar-refractivity contribution in [1.82, 2.24) is 14.8 Å². The Morgan fingerprint density at radius 2 is 1.77 bits per heavy atom. The third kappa shape index (κ3) is 4.71. The highest BCUT2D eigenvalue weighted by atomic mass is 35.5. The number of ether oxygens (including phenoxy) is 1. The Kier molecular flexibility index (Phi) is 6.51. The van der Waals surface area contributed by atoms with Gasteiger partial charge in [-0.05, 0) is 63.2 Å². The van der Waals surface area contributed by atoms with Crippen molar-refractivity contribution in [3.05, 3.63) is 76.0 Å². The van der Waals surface area contributed by atoms with Crippen LogP contribution in [0.15, 0.2) is 46.9 Å². The summed E-state index contributed by atoms with van der Waals surface area (Å²) >= 11 is 6.40. The van der Waals surface area contributed by atoms with E-state index in [1.165, 1.54) is 0 Å². The second-order valence-corrected chi connectivity index (χ2v) is 8.35. The van der Waals surface area contributed by atoms with Gasteiger partial charge >= 0.3 is 0 Å².